The Hall–Kier alpha value is -3.44. The molecule has 4 aromatic carbocycles. The summed E-state index contributed by atoms with van der Waals surface area (Å²) in [6.45, 7) is 0. The summed E-state index contributed by atoms with van der Waals surface area (Å²) in [5.41, 5.74) is 9.93. The Balaban J connectivity index is 1.63. The van der Waals surface area contributed by atoms with Crippen LogP contribution in [-0.2, 0) is 0 Å². The van der Waals surface area contributed by atoms with Crippen molar-refractivity contribution in [2.75, 3.05) is 11.1 Å². The molecule has 29 heavy (non-hydrogen) atoms. The first-order valence-corrected chi connectivity index (χ1v) is 10.0. The fourth-order valence-corrected chi connectivity index (χ4v) is 3.89. The van der Waals surface area contributed by atoms with Gasteiger partial charge in [-0.3, -0.25) is 0 Å². The number of aromatic nitrogens is 2. The third kappa shape index (κ3) is 3.52. The molecule has 0 saturated carbocycles. The molecule has 1 aromatic heterocycles. The van der Waals surface area contributed by atoms with Crippen molar-refractivity contribution in [1.82, 2.24) is 9.97 Å². The Bertz CT molecular complexity index is 1360. The smallest absolute Gasteiger partial charge is 0.222 e. The van der Waals surface area contributed by atoms with Crippen molar-refractivity contribution >= 4 is 55.1 Å². The molecule has 5 aromatic rings. The van der Waals surface area contributed by atoms with Crippen molar-refractivity contribution in [1.29, 1.82) is 0 Å². The molecular formula is C24H17BrN4. The summed E-state index contributed by atoms with van der Waals surface area (Å²) in [6.07, 6.45) is 0. The average molecular weight is 441 g/mol. The van der Waals surface area contributed by atoms with Gasteiger partial charge in [-0.1, -0.05) is 64.5 Å². The lowest BCUT2D eigenvalue weighted by Gasteiger charge is -2.12. The van der Waals surface area contributed by atoms with E-state index in [0.717, 1.165) is 32.2 Å². The number of hydrogen-bond acceptors (Lipinski definition) is 4. The van der Waals surface area contributed by atoms with Gasteiger partial charge >= 0.3 is 0 Å². The van der Waals surface area contributed by atoms with E-state index in [9.17, 15) is 0 Å². The molecule has 0 amide bonds. The molecule has 0 aliphatic rings. The zero-order valence-electron chi connectivity index (χ0n) is 15.4. The van der Waals surface area contributed by atoms with E-state index in [1.54, 1.807) is 0 Å². The highest BCUT2D eigenvalue weighted by Gasteiger charge is 2.09. The number of nitrogens with one attached hydrogen (secondary N) is 1. The molecule has 3 N–H and O–H groups in total. The minimum absolute atomic E-state index is 0.244. The van der Waals surface area contributed by atoms with Crippen molar-refractivity contribution in [2.45, 2.75) is 0 Å². The number of anilines is 3. The Morgan fingerprint density at radius 1 is 0.724 bits per heavy atom. The zero-order chi connectivity index (χ0) is 19.8. The average Bonchev–Trinajstić information content (AvgIpc) is 2.73. The Morgan fingerprint density at radius 3 is 2.38 bits per heavy atom. The van der Waals surface area contributed by atoms with Crippen LogP contribution in [0.15, 0.2) is 89.4 Å². The molecule has 0 radical (unpaired) electrons. The molecule has 0 saturated heterocycles. The van der Waals surface area contributed by atoms with Gasteiger partial charge in [0.05, 0.1) is 5.52 Å². The van der Waals surface area contributed by atoms with Crippen LogP contribution in [-0.4, -0.2) is 9.97 Å². The third-order valence-corrected chi connectivity index (χ3v) is 5.38. The molecule has 140 valence electrons. The van der Waals surface area contributed by atoms with Crippen molar-refractivity contribution < 1.29 is 0 Å². The molecule has 0 aliphatic heterocycles. The molecule has 0 spiro atoms. The van der Waals surface area contributed by atoms with Gasteiger partial charge in [-0.15, -0.1) is 0 Å². The second-order valence-electron chi connectivity index (χ2n) is 6.86. The van der Waals surface area contributed by atoms with Gasteiger partial charge in [0, 0.05) is 15.5 Å². The minimum atomic E-state index is 0.244. The largest absolute Gasteiger partial charge is 0.368 e. The lowest BCUT2D eigenvalue weighted by Crippen LogP contribution is -2.01. The number of nitrogens with zero attached hydrogens (tertiary/aromatic N) is 2. The zero-order valence-corrected chi connectivity index (χ0v) is 17.0. The number of halogens is 1. The third-order valence-electron chi connectivity index (χ3n) is 4.88. The van der Waals surface area contributed by atoms with Crippen LogP contribution < -0.4 is 11.1 Å². The number of fused-ring (bicyclic) bond motifs is 2. The van der Waals surface area contributed by atoms with E-state index in [4.69, 9.17) is 5.73 Å². The number of hydrogen-bond donors (Lipinski definition) is 2. The van der Waals surface area contributed by atoms with Gasteiger partial charge in [0.1, 0.15) is 5.82 Å². The van der Waals surface area contributed by atoms with Gasteiger partial charge in [-0.05, 0) is 58.3 Å². The predicted octanol–water partition coefficient (Wildman–Crippen LogP) is 6.54. The van der Waals surface area contributed by atoms with Gasteiger partial charge in [0.2, 0.25) is 5.95 Å². The van der Waals surface area contributed by atoms with Crippen LogP contribution in [0.5, 0.6) is 0 Å². The normalized spacial score (nSPS) is 11.1. The second kappa shape index (κ2) is 7.18. The number of nitrogens with two attached hydrogens (primary N) is 1. The van der Waals surface area contributed by atoms with Crippen LogP contribution in [0.1, 0.15) is 0 Å². The molecular weight excluding hydrogens is 424 g/mol. The Labute approximate surface area is 176 Å². The summed E-state index contributed by atoms with van der Waals surface area (Å²) in [7, 11) is 0. The van der Waals surface area contributed by atoms with Gasteiger partial charge in [0.25, 0.3) is 0 Å². The van der Waals surface area contributed by atoms with Crippen LogP contribution >= 0.6 is 15.9 Å². The van der Waals surface area contributed by atoms with Crippen LogP contribution in [0.3, 0.4) is 0 Å². The van der Waals surface area contributed by atoms with E-state index in [1.807, 2.05) is 30.3 Å². The number of benzene rings is 4. The highest BCUT2D eigenvalue weighted by atomic mass is 79.9. The molecule has 5 heteroatoms. The van der Waals surface area contributed by atoms with E-state index >= 15 is 0 Å². The molecule has 0 aliphatic carbocycles. The SMILES string of the molecule is Nc1nc(Nc2cccc(Br)c2)c2cc(-c3ccc4ccccc4c3)ccc2n1. The fraction of sp³-hybridized carbons (Fsp3) is 0. The van der Waals surface area contributed by atoms with Gasteiger partial charge < -0.3 is 11.1 Å². The molecule has 0 fully saturated rings. The second-order valence-corrected chi connectivity index (χ2v) is 7.78. The van der Waals surface area contributed by atoms with Gasteiger partial charge in [0.15, 0.2) is 0 Å². The van der Waals surface area contributed by atoms with Crippen LogP contribution in [0.25, 0.3) is 32.8 Å². The van der Waals surface area contributed by atoms with E-state index < -0.39 is 0 Å². The maximum Gasteiger partial charge on any atom is 0.222 e. The molecule has 0 atom stereocenters. The molecule has 5 rings (SSSR count). The molecule has 1 heterocycles. The number of nitrogen functional groups attached to an aromatic ring is 1. The standard InChI is InChI=1S/C24H17BrN4/c25-19-6-3-7-20(14-19)27-23-21-13-18(10-11-22(21)28-24(26)29-23)17-9-8-15-4-1-2-5-16(15)12-17/h1-14H,(H3,26,27,28,29). The summed E-state index contributed by atoms with van der Waals surface area (Å²) < 4.78 is 0.991. The fourth-order valence-electron chi connectivity index (χ4n) is 3.49. The highest BCUT2D eigenvalue weighted by molar-refractivity contribution is 9.10. The van der Waals surface area contributed by atoms with E-state index in [1.165, 1.54) is 10.8 Å². The summed E-state index contributed by atoms with van der Waals surface area (Å²) in [5, 5.41) is 6.74. The topological polar surface area (TPSA) is 63.8 Å². The van der Waals surface area contributed by atoms with E-state index in [0.29, 0.717) is 5.82 Å². The summed E-state index contributed by atoms with van der Waals surface area (Å²) in [4.78, 5) is 8.85. The Morgan fingerprint density at radius 2 is 1.52 bits per heavy atom. The maximum atomic E-state index is 5.95. The molecule has 0 bridgehead atoms. The van der Waals surface area contributed by atoms with Crippen molar-refractivity contribution in [3.05, 3.63) is 89.4 Å². The van der Waals surface area contributed by atoms with E-state index in [-0.39, 0.29) is 5.95 Å². The summed E-state index contributed by atoms with van der Waals surface area (Å²) in [5.74, 6) is 0.932. The van der Waals surface area contributed by atoms with Gasteiger partial charge in [-0.25, -0.2) is 4.98 Å². The van der Waals surface area contributed by atoms with Crippen LogP contribution in [0.2, 0.25) is 0 Å². The minimum Gasteiger partial charge on any atom is -0.368 e. The highest BCUT2D eigenvalue weighted by Crippen LogP contribution is 2.31. The lowest BCUT2D eigenvalue weighted by atomic mass is 10.00. The van der Waals surface area contributed by atoms with Crippen molar-refractivity contribution in [3.8, 4) is 11.1 Å². The van der Waals surface area contributed by atoms with E-state index in [2.05, 4.69) is 85.8 Å². The van der Waals surface area contributed by atoms with Gasteiger partial charge in [-0.2, -0.15) is 4.98 Å². The first-order valence-electron chi connectivity index (χ1n) is 9.25. The van der Waals surface area contributed by atoms with Crippen molar-refractivity contribution in [3.63, 3.8) is 0 Å². The van der Waals surface area contributed by atoms with Crippen molar-refractivity contribution in [2.24, 2.45) is 0 Å². The first kappa shape index (κ1) is 17.6. The predicted molar refractivity (Wildman–Crippen MR) is 124 cm³/mol. The summed E-state index contributed by atoms with van der Waals surface area (Å²) in [6, 6.07) is 29.0. The molecule has 0 unspecified atom stereocenters. The van der Waals surface area contributed by atoms with Crippen LogP contribution in [0, 0.1) is 0 Å². The first-order chi connectivity index (χ1) is 14.2. The number of rotatable bonds is 3. The monoisotopic (exact) mass is 440 g/mol. The molecule has 4 nitrogen and oxygen atoms in total. The van der Waals surface area contributed by atoms with Crippen LogP contribution in [0.4, 0.5) is 17.5 Å². The summed E-state index contributed by atoms with van der Waals surface area (Å²) >= 11 is 3.50. The maximum absolute atomic E-state index is 5.95. The Kier molecular flexibility index (Phi) is 4.37. The lowest BCUT2D eigenvalue weighted by molar-refractivity contribution is 1.23. The quantitative estimate of drug-likeness (QED) is 0.334.